The van der Waals surface area contributed by atoms with Crippen molar-refractivity contribution >= 4 is 17.5 Å². The molecule has 0 aliphatic carbocycles. The number of anilines is 1. The van der Waals surface area contributed by atoms with Crippen LogP contribution in [0.4, 0.5) is 10.1 Å². The highest BCUT2D eigenvalue weighted by atomic mass is 19.1. The van der Waals surface area contributed by atoms with Crippen LogP contribution in [-0.2, 0) is 22.6 Å². The Bertz CT molecular complexity index is 799. The molecule has 2 amide bonds. The molecule has 0 aliphatic heterocycles. The van der Waals surface area contributed by atoms with Gasteiger partial charge in [0, 0.05) is 18.7 Å². The summed E-state index contributed by atoms with van der Waals surface area (Å²) in [7, 11) is 0. The van der Waals surface area contributed by atoms with Gasteiger partial charge in [-0.2, -0.15) is 5.26 Å². The third kappa shape index (κ3) is 6.07. The summed E-state index contributed by atoms with van der Waals surface area (Å²) in [5.74, 6) is -0.883. The average molecular weight is 339 g/mol. The molecular formula is C19H18FN3O2. The van der Waals surface area contributed by atoms with E-state index in [9.17, 15) is 14.0 Å². The molecule has 0 unspecified atom stereocenters. The van der Waals surface area contributed by atoms with Crippen molar-refractivity contribution < 1.29 is 14.0 Å². The first-order valence-corrected chi connectivity index (χ1v) is 7.84. The molecule has 0 saturated heterocycles. The Labute approximate surface area is 145 Å². The fourth-order valence-electron chi connectivity index (χ4n) is 2.29. The summed E-state index contributed by atoms with van der Waals surface area (Å²) >= 11 is 0. The fourth-order valence-corrected chi connectivity index (χ4v) is 2.29. The van der Waals surface area contributed by atoms with Gasteiger partial charge < -0.3 is 10.6 Å². The summed E-state index contributed by atoms with van der Waals surface area (Å²) in [6, 6.07) is 15.0. The van der Waals surface area contributed by atoms with Gasteiger partial charge in [-0.1, -0.05) is 30.3 Å². The maximum absolute atomic E-state index is 13.1. The van der Waals surface area contributed by atoms with Gasteiger partial charge in [-0.15, -0.1) is 0 Å². The highest BCUT2D eigenvalue weighted by Crippen LogP contribution is 2.16. The summed E-state index contributed by atoms with van der Waals surface area (Å²) in [6.45, 7) is 0.223. The van der Waals surface area contributed by atoms with Crippen molar-refractivity contribution in [2.24, 2.45) is 0 Å². The van der Waals surface area contributed by atoms with E-state index in [1.165, 1.54) is 12.1 Å². The maximum Gasteiger partial charge on any atom is 0.234 e. The molecule has 0 spiro atoms. The van der Waals surface area contributed by atoms with Gasteiger partial charge in [0.2, 0.25) is 11.8 Å². The molecule has 2 rings (SSSR count). The highest BCUT2D eigenvalue weighted by Gasteiger charge is 2.08. The molecule has 0 atom stereocenters. The van der Waals surface area contributed by atoms with Gasteiger partial charge in [0.05, 0.1) is 6.07 Å². The molecule has 0 radical (unpaired) electrons. The molecule has 0 aromatic heterocycles. The first-order chi connectivity index (χ1) is 12.1. The van der Waals surface area contributed by atoms with Crippen LogP contribution in [0.15, 0.2) is 48.5 Å². The number of hydrogen-bond acceptors (Lipinski definition) is 3. The molecule has 0 fully saturated rings. The Morgan fingerprint density at radius 1 is 1.08 bits per heavy atom. The Morgan fingerprint density at radius 3 is 2.64 bits per heavy atom. The molecule has 5 nitrogen and oxygen atoms in total. The van der Waals surface area contributed by atoms with Crippen molar-refractivity contribution in [2.75, 3.05) is 5.32 Å². The van der Waals surface area contributed by atoms with Crippen LogP contribution >= 0.6 is 0 Å². The van der Waals surface area contributed by atoms with E-state index in [1.807, 2.05) is 0 Å². The lowest BCUT2D eigenvalue weighted by Gasteiger charge is -2.11. The molecule has 128 valence electrons. The number of amides is 2. The lowest BCUT2D eigenvalue weighted by Crippen LogP contribution is -2.23. The van der Waals surface area contributed by atoms with E-state index in [1.54, 1.807) is 42.5 Å². The number of aryl methyl sites for hydroxylation is 1. The quantitative estimate of drug-likeness (QED) is 0.814. The van der Waals surface area contributed by atoms with Crippen LogP contribution < -0.4 is 10.6 Å². The van der Waals surface area contributed by atoms with Gasteiger partial charge in [0.1, 0.15) is 12.2 Å². The lowest BCUT2D eigenvalue weighted by atomic mass is 10.1. The molecule has 2 N–H and O–H groups in total. The van der Waals surface area contributed by atoms with Crippen molar-refractivity contribution in [2.45, 2.75) is 25.8 Å². The number of nitrogens with zero attached hydrogens (tertiary/aromatic N) is 1. The SMILES string of the molecule is N#CCC(=O)NCc1ccccc1NC(=O)CCc1cccc(F)c1. The normalized spacial score (nSPS) is 9.92. The first kappa shape index (κ1) is 18.1. The molecule has 2 aromatic rings. The molecule has 0 bridgehead atoms. The van der Waals surface area contributed by atoms with Gasteiger partial charge >= 0.3 is 0 Å². The average Bonchev–Trinajstić information content (AvgIpc) is 2.60. The van der Waals surface area contributed by atoms with E-state index in [0.717, 1.165) is 11.1 Å². The Kier molecular flexibility index (Phi) is 6.66. The smallest absolute Gasteiger partial charge is 0.234 e. The van der Waals surface area contributed by atoms with Gasteiger partial charge in [-0.05, 0) is 35.7 Å². The molecule has 0 aliphatic rings. The Balaban J connectivity index is 1.92. The summed E-state index contributed by atoms with van der Waals surface area (Å²) in [4.78, 5) is 23.5. The van der Waals surface area contributed by atoms with Crippen molar-refractivity contribution in [3.8, 4) is 6.07 Å². The number of benzene rings is 2. The minimum atomic E-state index is -0.366. The second kappa shape index (κ2) is 9.18. The Hall–Kier alpha value is -3.20. The van der Waals surface area contributed by atoms with Crippen molar-refractivity contribution in [1.29, 1.82) is 5.26 Å². The highest BCUT2D eigenvalue weighted by molar-refractivity contribution is 5.91. The van der Waals surface area contributed by atoms with Gasteiger partial charge in [-0.3, -0.25) is 9.59 Å². The van der Waals surface area contributed by atoms with Crippen LogP contribution in [0.25, 0.3) is 0 Å². The number of nitrogens with one attached hydrogen (secondary N) is 2. The number of rotatable bonds is 7. The zero-order valence-corrected chi connectivity index (χ0v) is 13.6. The van der Waals surface area contributed by atoms with Crippen molar-refractivity contribution in [3.05, 3.63) is 65.5 Å². The molecule has 0 heterocycles. The maximum atomic E-state index is 13.1. The van der Waals surface area contributed by atoms with Gasteiger partial charge in [-0.25, -0.2) is 4.39 Å². The van der Waals surface area contributed by atoms with Crippen LogP contribution in [0.5, 0.6) is 0 Å². The molecule has 2 aromatic carbocycles. The van der Waals surface area contributed by atoms with E-state index in [4.69, 9.17) is 5.26 Å². The number of nitriles is 1. The first-order valence-electron chi connectivity index (χ1n) is 7.84. The number of carbonyl (C=O) groups is 2. The minimum Gasteiger partial charge on any atom is -0.351 e. The summed E-state index contributed by atoms with van der Waals surface area (Å²) in [6.07, 6.45) is 0.450. The second-order valence-corrected chi connectivity index (χ2v) is 5.45. The predicted molar refractivity (Wildman–Crippen MR) is 91.9 cm³/mol. The third-order valence-corrected chi connectivity index (χ3v) is 3.54. The largest absolute Gasteiger partial charge is 0.351 e. The van der Waals surface area contributed by atoms with Gasteiger partial charge in [0.25, 0.3) is 0 Å². The molecule has 6 heteroatoms. The van der Waals surface area contributed by atoms with E-state index in [0.29, 0.717) is 12.1 Å². The second-order valence-electron chi connectivity index (χ2n) is 5.45. The van der Waals surface area contributed by atoms with Crippen LogP contribution in [0.1, 0.15) is 24.0 Å². The zero-order chi connectivity index (χ0) is 18.1. The fraction of sp³-hybridized carbons (Fsp3) is 0.211. The summed E-state index contributed by atoms with van der Waals surface area (Å²) < 4.78 is 13.1. The van der Waals surface area contributed by atoms with Crippen LogP contribution in [0.3, 0.4) is 0 Å². The Morgan fingerprint density at radius 2 is 1.88 bits per heavy atom. The number of hydrogen-bond donors (Lipinski definition) is 2. The van der Waals surface area contributed by atoms with Crippen molar-refractivity contribution in [3.63, 3.8) is 0 Å². The molecule has 0 saturated carbocycles. The van der Waals surface area contributed by atoms with Gasteiger partial charge in [0.15, 0.2) is 0 Å². The topological polar surface area (TPSA) is 82.0 Å². The molecular weight excluding hydrogens is 321 g/mol. The van der Waals surface area contributed by atoms with Crippen LogP contribution in [0, 0.1) is 17.1 Å². The lowest BCUT2D eigenvalue weighted by molar-refractivity contribution is -0.120. The summed E-state index contributed by atoms with van der Waals surface area (Å²) in [5.41, 5.74) is 2.10. The third-order valence-electron chi connectivity index (χ3n) is 3.54. The minimum absolute atomic E-state index is 0.194. The summed E-state index contributed by atoms with van der Waals surface area (Å²) in [5, 5.41) is 13.9. The van der Waals surface area contributed by atoms with Crippen LogP contribution in [-0.4, -0.2) is 11.8 Å². The zero-order valence-electron chi connectivity index (χ0n) is 13.6. The van der Waals surface area contributed by atoms with Crippen LogP contribution in [0.2, 0.25) is 0 Å². The number of carbonyl (C=O) groups excluding carboxylic acids is 2. The molecule has 25 heavy (non-hydrogen) atoms. The monoisotopic (exact) mass is 339 g/mol. The van der Waals surface area contributed by atoms with E-state index in [-0.39, 0.29) is 37.0 Å². The van der Waals surface area contributed by atoms with E-state index in [2.05, 4.69) is 10.6 Å². The predicted octanol–water partition coefficient (Wildman–Crippen LogP) is 2.93. The standard InChI is InChI=1S/C19H18FN3O2/c20-16-6-3-4-14(12-16)8-9-19(25)23-17-7-2-1-5-15(17)13-22-18(24)10-11-21/h1-7,12H,8-10,13H2,(H,22,24)(H,23,25). The van der Waals surface area contributed by atoms with E-state index >= 15 is 0 Å². The van der Waals surface area contributed by atoms with Crippen molar-refractivity contribution in [1.82, 2.24) is 5.32 Å². The van der Waals surface area contributed by atoms with E-state index < -0.39 is 0 Å². The number of halogens is 1. The number of para-hydroxylation sites is 1.